The molecule has 0 aromatic heterocycles. The number of halogens is 1. The number of carbonyl (C=O) groups is 1. The van der Waals surface area contributed by atoms with Crippen LogP contribution in [-0.4, -0.2) is 49.4 Å². The van der Waals surface area contributed by atoms with Crippen molar-refractivity contribution in [2.24, 2.45) is 4.99 Å². The first-order valence-corrected chi connectivity index (χ1v) is 11.0. The first-order chi connectivity index (χ1) is 11.8. The number of ether oxygens (including phenoxy) is 1. The monoisotopic (exact) mass is 402 g/mol. The normalized spacial score (nSPS) is 26.0. The van der Waals surface area contributed by atoms with Crippen LogP contribution in [0.5, 0.6) is 5.75 Å². The van der Waals surface area contributed by atoms with Gasteiger partial charge in [0.25, 0.3) is 0 Å². The first kappa shape index (κ1) is 18.5. The molecule has 1 aromatic rings. The van der Waals surface area contributed by atoms with E-state index in [4.69, 9.17) is 16.3 Å². The molecule has 2 saturated heterocycles. The van der Waals surface area contributed by atoms with Crippen molar-refractivity contribution in [3.05, 3.63) is 23.2 Å². The highest BCUT2D eigenvalue weighted by Gasteiger charge is 2.50. The van der Waals surface area contributed by atoms with Gasteiger partial charge in [0.15, 0.2) is 15.0 Å². The van der Waals surface area contributed by atoms with E-state index in [1.54, 1.807) is 23.1 Å². The standard InChI is InChI=1S/C16H19ClN2O4S2/c1-3-4-15(20)18-16-19(11-7-10(17)5-6-13(11)23-2)12-8-25(21,22)9-14(12)24-16/h5-7,12,14H,3-4,8-9H2,1-2H3/t12-,14+/m0/s1. The quantitative estimate of drug-likeness (QED) is 0.770. The van der Waals surface area contributed by atoms with Gasteiger partial charge in [-0.05, 0) is 24.6 Å². The molecule has 0 radical (unpaired) electrons. The van der Waals surface area contributed by atoms with Gasteiger partial charge in [0.05, 0.1) is 30.3 Å². The molecule has 6 nitrogen and oxygen atoms in total. The van der Waals surface area contributed by atoms with Gasteiger partial charge in [-0.2, -0.15) is 4.99 Å². The van der Waals surface area contributed by atoms with Gasteiger partial charge in [-0.25, -0.2) is 8.42 Å². The molecule has 2 aliphatic rings. The Hall–Kier alpha value is -1.25. The zero-order valence-corrected chi connectivity index (χ0v) is 16.3. The number of amides is 1. The van der Waals surface area contributed by atoms with Crippen molar-refractivity contribution in [3.8, 4) is 5.75 Å². The van der Waals surface area contributed by atoms with Gasteiger partial charge in [-0.15, -0.1) is 0 Å². The highest BCUT2D eigenvalue weighted by Crippen LogP contribution is 2.44. The van der Waals surface area contributed by atoms with Gasteiger partial charge in [-0.1, -0.05) is 30.3 Å². The van der Waals surface area contributed by atoms with E-state index in [2.05, 4.69) is 4.99 Å². The van der Waals surface area contributed by atoms with Gasteiger partial charge in [0.2, 0.25) is 5.91 Å². The highest BCUT2D eigenvalue weighted by atomic mass is 35.5. The molecule has 9 heteroatoms. The molecular formula is C16H19ClN2O4S2. The van der Waals surface area contributed by atoms with Crippen LogP contribution in [0.15, 0.2) is 23.2 Å². The summed E-state index contributed by atoms with van der Waals surface area (Å²) in [6.45, 7) is 1.92. The average molecular weight is 403 g/mol. The van der Waals surface area contributed by atoms with Crippen LogP contribution in [0.4, 0.5) is 5.69 Å². The number of nitrogens with zero attached hydrogens (tertiary/aromatic N) is 2. The number of methoxy groups -OCH3 is 1. The molecular weight excluding hydrogens is 384 g/mol. The molecule has 2 fully saturated rings. The molecule has 1 amide bonds. The summed E-state index contributed by atoms with van der Waals surface area (Å²) in [4.78, 5) is 18.1. The number of benzene rings is 1. The largest absolute Gasteiger partial charge is 0.495 e. The van der Waals surface area contributed by atoms with E-state index < -0.39 is 9.84 Å². The number of hydrogen-bond donors (Lipinski definition) is 0. The van der Waals surface area contributed by atoms with Crippen LogP contribution in [0.25, 0.3) is 0 Å². The van der Waals surface area contributed by atoms with E-state index in [0.717, 1.165) is 0 Å². The predicted octanol–water partition coefficient (Wildman–Crippen LogP) is 2.75. The molecule has 2 heterocycles. The lowest BCUT2D eigenvalue weighted by atomic mass is 10.2. The van der Waals surface area contributed by atoms with E-state index in [1.165, 1.54) is 18.9 Å². The summed E-state index contributed by atoms with van der Waals surface area (Å²) in [5, 5.41) is 0.870. The Morgan fingerprint density at radius 3 is 2.88 bits per heavy atom. The smallest absolute Gasteiger partial charge is 0.248 e. The fourth-order valence-electron chi connectivity index (χ4n) is 3.07. The molecule has 0 saturated carbocycles. The maximum atomic E-state index is 12.1. The Bertz CT molecular complexity index is 825. The molecule has 2 aliphatic heterocycles. The molecule has 0 N–H and O–H groups in total. The highest BCUT2D eigenvalue weighted by molar-refractivity contribution is 8.16. The van der Waals surface area contributed by atoms with Crippen LogP contribution < -0.4 is 9.64 Å². The predicted molar refractivity (Wildman–Crippen MR) is 102 cm³/mol. The van der Waals surface area contributed by atoms with E-state index in [1.807, 2.05) is 6.92 Å². The summed E-state index contributed by atoms with van der Waals surface area (Å²) in [7, 11) is -1.57. The van der Waals surface area contributed by atoms with Crippen molar-refractivity contribution >= 4 is 50.0 Å². The molecule has 3 rings (SSSR count). The fourth-order valence-corrected chi connectivity index (χ4v) is 7.16. The topological polar surface area (TPSA) is 76.0 Å². The van der Waals surface area contributed by atoms with E-state index in [0.29, 0.717) is 34.5 Å². The third-order valence-corrected chi connectivity index (χ3v) is 7.60. The lowest BCUT2D eigenvalue weighted by molar-refractivity contribution is -0.117. The Morgan fingerprint density at radius 2 is 2.20 bits per heavy atom. The number of thioether (sulfide) groups is 1. The van der Waals surface area contributed by atoms with E-state index in [9.17, 15) is 13.2 Å². The van der Waals surface area contributed by atoms with Crippen LogP contribution >= 0.6 is 23.4 Å². The average Bonchev–Trinajstić information content (AvgIpc) is 2.98. The van der Waals surface area contributed by atoms with Gasteiger partial charge >= 0.3 is 0 Å². The van der Waals surface area contributed by atoms with Crippen LogP contribution in [0, 0.1) is 0 Å². The summed E-state index contributed by atoms with van der Waals surface area (Å²) < 4.78 is 29.6. The van der Waals surface area contributed by atoms with Crippen LogP contribution in [0.2, 0.25) is 5.02 Å². The number of hydrogen-bond acceptors (Lipinski definition) is 5. The molecule has 0 spiro atoms. The molecule has 0 aliphatic carbocycles. The molecule has 2 atom stereocenters. The lowest BCUT2D eigenvalue weighted by Crippen LogP contribution is -2.38. The third-order valence-electron chi connectivity index (χ3n) is 4.15. The second-order valence-corrected chi connectivity index (χ2v) is 9.82. The molecule has 1 aromatic carbocycles. The van der Waals surface area contributed by atoms with Crippen LogP contribution in [-0.2, 0) is 14.6 Å². The lowest BCUT2D eigenvalue weighted by Gasteiger charge is -2.26. The van der Waals surface area contributed by atoms with Crippen molar-refractivity contribution in [1.29, 1.82) is 0 Å². The van der Waals surface area contributed by atoms with Gasteiger partial charge in [-0.3, -0.25) is 4.79 Å². The van der Waals surface area contributed by atoms with Gasteiger partial charge in [0.1, 0.15) is 5.75 Å². The maximum absolute atomic E-state index is 12.1. The van der Waals surface area contributed by atoms with Crippen LogP contribution in [0.1, 0.15) is 19.8 Å². The van der Waals surface area contributed by atoms with Crippen molar-refractivity contribution < 1.29 is 17.9 Å². The summed E-state index contributed by atoms with van der Waals surface area (Å²) in [6, 6.07) is 4.86. The van der Waals surface area contributed by atoms with Crippen molar-refractivity contribution in [2.75, 3.05) is 23.5 Å². The molecule has 0 bridgehead atoms. The van der Waals surface area contributed by atoms with Crippen LogP contribution in [0.3, 0.4) is 0 Å². The van der Waals surface area contributed by atoms with Crippen molar-refractivity contribution in [3.63, 3.8) is 0 Å². The number of fused-ring (bicyclic) bond motifs is 1. The fraction of sp³-hybridized carbons (Fsp3) is 0.500. The van der Waals surface area contributed by atoms with Crippen molar-refractivity contribution in [2.45, 2.75) is 31.1 Å². The van der Waals surface area contributed by atoms with Gasteiger partial charge < -0.3 is 9.64 Å². The Morgan fingerprint density at radius 1 is 1.44 bits per heavy atom. The number of anilines is 1. The summed E-state index contributed by atoms with van der Waals surface area (Å²) in [6.07, 6.45) is 1.07. The molecule has 25 heavy (non-hydrogen) atoms. The maximum Gasteiger partial charge on any atom is 0.248 e. The minimum absolute atomic E-state index is 0.0291. The summed E-state index contributed by atoms with van der Waals surface area (Å²) in [5.74, 6) is 0.466. The second-order valence-electron chi connectivity index (χ2n) is 6.02. The number of amidine groups is 1. The number of sulfone groups is 1. The SMILES string of the molecule is CCCC(=O)N=C1S[C@@H]2CS(=O)(=O)C[C@@H]2N1c1cc(Cl)ccc1OC. The number of carbonyl (C=O) groups excluding carboxylic acids is 1. The Balaban J connectivity index is 2.07. The zero-order valence-electron chi connectivity index (χ0n) is 13.9. The molecule has 136 valence electrons. The minimum atomic E-state index is -3.11. The van der Waals surface area contributed by atoms with Crippen molar-refractivity contribution in [1.82, 2.24) is 0 Å². The number of rotatable bonds is 4. The van der Waals surface area contributed by atoms with Gasteiger partial charge in [0, 0.05) is 16.7 Å². The first-order valence-electron chi connectivity index (χ1n) is 7.96. The Labute approximate surface area is 156 Å². The Kier molecular flexibility index (Phi) is 5.31. The minimum Gasteiger partial charge on any atom is -0.495 e. The van der Waals surface area contributed by atoms with E-state index in [-0.39, 0.29) is 28.7 Å². The summed E-state index contributed by atoms with van der Waals surface area (Å²) >= 11 is 7.48. The zero-order chi connectivity index (χ0) is 18.2. The van der Waals surface area contributed by atoms with E-state index >= 15 is 0 Å². The molecule has 0 unspecified atom stereocenters. The summed E-state index contributed by atoms with van der Waals surface area (Å²) in [5.41, 5.74) is 0.634. The third kappa shape index (κ3) is 3.80. The second kappa shape index (κ2) is 7.17. The number of aliphatic imine (C=N–C) groups is 1.